The Morgan fingerprint density at radius 2 is 1.62 bits per heavy atom. The van der Waals surface area contributed by atoms with Crippen LogP contribution < -0.4 is 10.6 Å². The quantitative estimate of drug-likeness (QED) is 0.283. The van der Waals surface area contributed by atoms with Gasteiger partial charge in [-0.3, -0.25) is 19.7 Å². The summed E-state index contributed by atoms with van der Waals surface area (Å²) in [6.07, 6.45) is -0.787. The molecule has 174 valence electrons. The number of benzene rings is 3. The van der Waals surface area contributed by atoms with Crippen LogP contribution in [0.4, 0.5) is 14.9 Å². The molecule has 0 heterocycles. The van der Waals surface area contributed by atoms with E-state index >= 15 is 0 Å². The minimum absolute atomic E-state index is 0.0403. The predicted molar refractivity (Wildman–Crippen MR) is 119 cm³/mol. The van der Waals surface area contributed by atoms with Crippen LogP contribution in [0.3, 0.4) is 0 Å². The van der Waals surface area contributed by atoms with Crippen molar-refractivity contribution in [3.63, 3.8) is 0 Å². The molecule has 2 amide bonds. The monoisotopic (exact) mass is 465 g/mol. The molecule has 3 aromatic rings. The molecule has 0 aliphatic rings. The molecule has 3 aromatic carbocycles. The third-order valence-corrected chi connectivity index (χ3v) is 4.75. The molecule has 0 aromatic heterocycles. The summed E-state index contributed by atoms with van der Waals surface area (Å²) in [5.41, 5.74) is 0.317. The van der Waals surface area contributed by atoms with Gasteiger partial charge in [-0.15, -0.1) is 0 Å². The number of nitrogens with zero attached hydrogens (tertiary/aromatic N) is 1. The number of ketones is 1. The molecule has 10 heteroatoms. The molecule has 3 rings (SSSR count). The van der Waals surface area contributed by atoms with E-state index in [1.54, 1.807) is 24.3 Å². The fourth-order valence-electron chi connectivity index (χ4n) is 3.02. The van der Waals surface area contributed by atoms with Crippen LogP contribution in [0.5, 0.6) is 0 Å². The molecule has 0 radical (unpaired) electrons. The molecule has 0 spiro atoms. The van der Waals surface area contributed by atoms with Crippen LogP contribution in [-0.4, -0.2) is 29.3 Å². The van der Waals surface area contributed by atoms with Gasteiger partial charge >= 0.3 is 6.09 Å². The topological polar surface area (TPSA) is 128 Å². The van der Waals surface area contributed by atoms with Crippen molar-refractivity contribution in [3.8, 4) is 0 Å². The third kappa shape index (κ3) is 6.45. The zero-order valence-electron chi connectivity index (χ0n) is 17.8. The second-order valence-corrected chi connectivity index (χ2v) is 7.10. The number of nitrogens with one attached hydrogen (secondary N) is 2. The van der Waals surface area contributed by atoms with Crippen LogP contribution in [0, 0.1) is 15.9 Å². The average molecular weight is 465 g/mol. The molecule has 0 aliphatic heterocycles. The molecule has 9 nitrogen and oxygen atoms in total. The van der Waals surface area contributed by atoms with Crippen LogP contribution >= 0.6 is 0 Å². The number of hydrogen-bond acceptors (Lipinski definition) is 6. The van der Waals surface area contributed by atoms with E-state index in [1.807, 2.05) is 6.07 Å². The number of non-ortho nitro benzene ring substituents is 1. The maximum Gasteiger partial charge on any atom is 0.407 e. The van der Waals surface area contributed by atoms with Crippen LogP contribution in [0.1, 0.15) is 27.0 Å². The van der Waals surface area contributed by atoms with E-state index in [9.17, 15) is 28.9 Å². The predicted octanol–water partition coefficient (Wildman–Crippen LogP) is 3.51. The number of hydrogen-bond donors (Lipinski definition) is 2. The fourth-order valence-corrected chi connectivity index (χ4v) is 3.02. The highest BCUT2D eigenvalue weighted by Gasteiger charge is 2.21. The Hall–Kier alpha value is -4.60. The highest BCUT2D eigenvalue weighted by Crippen LogP contribution is 2.22. The molecule has 0 saturated carbocycles. The summed E-state index contributed by atoms with van der Waals surface area (Å²) in [5.74, 6) is -2.11. The number of halogens is 1. The van der Waals surface area contributed by atoms with Gasteiger partial charge in [-0.1, -0.05) is 42.5 Å². The first-order valence-corrected chi connectivity index (χ1v) is 10.1. The second kappa shape index (κ2) is 11.3. The summed E-state index contributed by atoms with van der Waals surface area (Å²) in [5, 5.41) is 16.0. The van der Waals surface area contributed by atoms with Crippen molar-refractivity contribution in [2.75, 3.05) is 6.54 Å². The standard InChI is InChI=1S/C24H20FN3O6/c25-21-9-5-4-8-19(21)23(30)20-12-18(28(32)33)11-10-17(20)13-26-22(29)14-27-24(31)34-15-16-6-2-1-3-7-16/h1-12H,13-15H2,(H,26,29)(H,27,31). The van der Waals surface area contributed by atoms with Crippen molar-refractivity contribution in [1.29, 1.82) is 0 Å². The lowest BCUT2D eigenvalue weighted by Gasteiger charge is -2.11. The molecule has 0 fully saturated rings. The van der Waals surface area contributed by atoms with Crippen molar-refractivity contribution < 1.29 is 28.4 Å². The number of alkyl carbamates (subject to hydrolysis) is 1. The smallest absolute Gasteiger partial charge is 0.407 e. The minimum Gasteiger partial charge on any atom is -0.445 e. The highest BCUT2D eigenvalue weighted by atomic mass is 19.1. The van der Waals surface area contributed by atoms with Gasteiger partial charge in [0.2, 0.25) is 5.91 Å². The van der Waals surface area contributed by atoms with Gasteiger partial charge in [0.15, 0.2) is 5.78 Å². The Bertz CT molecular complexity index is 1220. The first-order chi connectivity index (χ1) is 16.3. The normalized spacial score (nSPS) is 10.3. The van der Waals surface area contributed by atoms with Gasteiger partial charge in [0, 0.05) is 24.2 Å². The van der Waals surface area contributed by atoms with E-state index in [0.29, 0.717) is 0 Å². The number of amides is 2. The Kier molecular flexibility index (Phi) is 8.01. The van der Waals surface area contributed by atoms with Crippen molar-refractivity contribution in [2.24, 2.45) is 0 Å². The van der Waals surface area contributed by atoms with Crippen molar-refractivity contribution in [3.05, 3.63) is 111 Å². The van der Waals surface area contributed by atoms with Crippen molar-refractivity contribution in [2.45, 2.75) is 13.2 Å². The summed E-state index contributed by atoms with van der Waals surface area (Å²) in [6.45, 7) is -0.525. The molecular formula is C24H20FN3O6. The first kappa shape index (κ1) is 24.1. The lowest BCUT2D eigenvalue weighted by atomic mass is 9.97. The van der Waals surface area contributed by atoms with Crippen LogP contribution in [-0.2, 0) is 22.7 Å². The van der Waals surface area contributed by atoms with Gasteiger partial charge in [-0.2, -0.15) is 0 Å². The number of ether oxygens (including phenoxy) is 1. The largest absolute Gasteiger partial charge is 0.445 e. The summed E-state index contributed by atoms with van der Waals surface area (Å²) >= 11 is 0. The van der Waals surface area contributed by atoms with E-state index < -0.39 is 35.1 Å². The van der Waals surface area contributed by atoms with Gasteiger partial charge in [0.1, 0.15) is 19.0 Å². The lowest BCUT2D eigenvalue weighted by Crippen LogP contribution is -2.37. The van der Waals surface area contributed by atoms with E-state index in [2.05, 4.69) is 10.6 Å². The highest BCUT2D eigenvalue weighted by molar-refractivity contribution is 6.10. The summed E-state index contributed by atoms with van der Waals surface area (Å²) < 4.78 is 19.1. The maximum atomic E-state index is 14.1. The fraction of sp³-hybridized carbons (Fsp3) is 0.125. The van der Waals surface area contributed by atoms with Crippen LogP contribution in [0.2, 0.25) is 0 Å². The third-order valence-electron chi connectivity index (χ3n) is 4.75. The molecule has 0 bridgehead atoms. The summed E-state index contributed by atoms with van der Waals surface area (Å²) in [4.78, 5) is 47.2. The van der Waals surface area contributed by atoms with Crippen molar-refractivity contribution in [1.82, 2.24) is 10.6 Å². The molecule has 0 saturated heterocycles. The lowest BCUT2D eigenvalue weighted by molar-refractivity contribution is -0.384. The van der Waals surface area contributed by atoms with E-state index in [4.69, 9.17) is 4.74 Å². The van der Waals surface area contributed by atoms with Crippen LogP contribution in [0.15, 0.2) is 72.8 Å². The Labute approximate surface area is 193 Å². The Morgan fingerprint density at radius 1 is 0.912 bits per heavy atom. The number of rotatable bonds is 9. The molecule has 0 aliphatic carbocycles. The van der Waals surface area contributed by atoms with E-state index in [0.717, 1.165) is 17.7 Å². The summed E-state index contributed by atoms with van der Waals surface area (Å²) in [6, 6.07) is 17.8. The molecule has 34 heavy (non-hydrogen) atoms. The molecular weight excluding hydrogens is 445 g/mol. The zero-order valence-corrected chi connectivity index (χ0v) is 17.8. The van der Waals surface area contributed by atoms with Gasteiger partial charge in [0.25, 0.3) is 5.69 Å². The molecule has 0 atom stereocenters. The van der Waals surface area contributed by atoms with Gasteiger partial charge < -0.3 is 15.4 Å². The maximum absolute atomic E-state index is 14.1. The summed E-state index contributed by atoms with van der Waals surface area (Å²) in [7, 11) is 0. The van der Waals surface area contributed by atoms with Gasteiger partial charge in [0.05, 0.1) is 10.5 Å². The zero-order chi connectivity index (χ0) is 24.5. The SMILES string of the molecule is O=C(CNC(=O)OCc1ccccc1)NCc1ccc([N+](=O)[O-])cc1C(=O)c1ccccc1F. The first-order valence-electron chi connectivity index (χ1n) is 10.1. The molecule has 0 unspecified atom stereocenters. The van der Waals surface area contributed by atoms with E-state index in [-0.39, 0.29) is 35.5 Å². The Balaban J connectivity index is 1.61. The number of nitro groups is 1. The van der Waals surface area contributed by atoms with Gasteiger partial charge in [-0.05, 0) is 29.3 Å². The number of nitro benzene ring substituents is 1. The second-order valence-electron chi connectivity index (χ2n) is 7.10. The average Bonchev–Trinajstić information content (AvgIpc) is 2.85. The Morgan fingerprint density at radius 3 is 2.32 bits per heavy atom. The number of carbonyl (C=O) groups excluding carboxylic acids is 3. The van der Waals surface area contributed by atoms with Crippen molar-refractivity contribution >= 4 is 23.5 Å². The van der Waals surface area contributed by atoms with E-state index in [1.165, 1.54) is 30.3 Å². The van der Waals surface area contributed by atoms with Gasteiger partial charge in [-0.25, -0.2) is 9.18 Å². The van der Waals surface area contributed by atoms with Crippen LogP contribution in [0.25, 0.3) is 0 Å². The number of carbonyl (C=O) groups is 3. The molecule has 2 N–H and O–H groups in total. The minimum atomic E-state index is -0.787.